The highest BCUT2D eigenvalue weighted by Crippen LogP contribution is 2.26. The van der Waals surface area contributed by atoms with Crippen LogP contribution < -0.4 is 11.1 Å². The third kappa shape index (κ3) is 2.51. The third-order valence-corrected chi connectivity index (χ3v) is 2.57. The zero-order chi connectivity index (χ0) is 14.9. The highest BCUT2D eigenvalue weighted by atomic mass is 19.2. The summed E-state index contributed by atoms with van der Waals surface area (Å²) in [5.41, 5.74) is 4.23. The highest BCUT2D eigenvalue weighted by Gasteiger charge is 2.18. The standard InChI is InChI=1S/C13H9F3N2O2/c14-6-1-4-10(19)7(5-6)13(20)18-12-9(17)3-2-8(15)11(12)16/h1-5,19H,17H2,(H,18,20). The average molecular weight is 282 g/mol. The van der Waals surface area contributed by atoms with Crippen molar-refractivity contribution in [1.82, 2.24) is 0 Å². The zero-order valence-corrected chi connectivity index (χ0v) is 9.95. The normalized spacial score (nSPS) is 10.3. The van der Waals surface area contributed by atoms with Gasteiger partial charge in [-0.15, -0.1) is 0 Å². The number of anilines is 2. The molecule has 2 aromatic carbocycles. The molecule has 0 aromatic heterocycles. The molecule has 0 radical (unpaired) electrons. The van der Waals surface area contributed by atoms with Crippen molar-refractivity contribution in [3.63, 3.8) is 0 Å². The third-order valence-electron chi connectivity index (χ3n) is 2.57. The number of hydrogen-bond donors (Lipinski definition) is 3. The number of nitrogen functional groups attached to an aromatic ring is 1. The van der Waals surface area contributed by atoms with Gasteiger partial charge in [-0.2, -0.15) is 0 Å². The fourth-order valence-corrected chi connectivity index (χ4v) is 1.56. The van der Waals surface area contributed by atoms with Crippen molar-refractivity contribution in [3.05, 3.63) is 53.3 Å². The van der Waals surface area contributed by atoms with E-state index in [2.05, 4.69) is 0 Å². The van der Waals surface area contributed by atoms with Crippen LogP contribution in [0.2, 0.25) is 0 Å². The van der Waals surface area contributed by atoms with E-state index in [4.69, 9.17) is 5.73 Å². The van der Waals surface area contributed by atoms with Gasteiger partial charge in [-0.25, -0.2) is 13.2 Å². The summed E-state index contributed by atoms with van der Waals surface area (Å²) in [6.07, 6.45) is 0. The number of halogens is 3. The second-order valence-corrected chi connectivity index (χ2v) is 3.94. The monoisotopic (exact) mass is 282 g/mol. The molecule has 0 aliphatic heterocycles. The number of benzene rings is 2. The summed E-state index contributed by atoms with van der Waals surface area (Å²) in [7, 11) is 0. The molecule has 0 saturated heterocycles. The summed E-state index contributed by atoms with van der Waals surface area (Å²) >= 11 is 0. The minimum atomic E-state index is -1.34. The van der Waals surface area contributed by atoms with Crippen LogP contribution in [0.25, 0.3) is 0 Å². The minimum absolute atomic E-state index is 0.201. The summed E-state index contributed by atoms with van der Waals surface area (Å²) in [4.78, 5) is 11.8. The van der Waals surface area contributed by atoms with Gasteiger partial charge in [-0.05, 0) is 30.3 Å². The van der Waals surface area contributed by atoms with Crippen molar-refractivity contribution in [2.45, 2.75) is 0 Å². The number of aromatic hydroxyl groups is 1. The van der Waals surface area contributed by atoms with Gasteiger partial charge in [0.2, 0.25) is 0 Å². The van der Waals surface area contributed by atoms with E-state index >= 15 is 0 Å². The highest BCUT2D eigenvalue weighted by molar-refractivity contribution is 6.07. The molecule has 4 nitrogen and oxygen atoms in total. The number of carbonyl (C=O) groups excluding carboxylic acids is 1. The molecule has 1 amide bonds. The fraction of sp³-hybridized carbons (Fsp3) is 0. The lowest BCUT2D eigenvalue weighted by Crippen LogP contribution is -2.15. The second-order valence-electron chi connectivity index (χ2n) is 3.94. The molecule has 0 heterocycles. The Balaban J connectivity index is 2.38. The van der Waals surface area contributed by atoms with E-state index in [1.165, 1.54) is 0 Å². The number of nitrogens with two attached hydrogens (primary N) is 1. The SMILES string of the molecule is Nc1ccc(F)c(F)c1NC(=O)c1cc(F)ccc1O. The lowest BCUT2D eigenvalue weighted by Gasteiger charge is -2.10. The van der Waals surface area contributed by atoms with Crippen LogP contribution in [-0.2, 0) is 0 Å². The van der Waals surface area contributed by atoms with Gasteiger partial charge < -0.3 is 16.2 Å². The Morgan fingerprint density at radius 1 is 1.15 bits per heavy atom. The molecule has 7 heteroatoms. The first-order valence-electron chi connectivity index (χ1n) is 5.43. The molecular weight excluding hydrogens is 273 g/mol. The van der Waals surface area contributed by atoms with Crippen molar-refractivity contribution in [2.75, 3.05) is 11.1 Å². The smallest absolute Gasteiger partial charge is 0.259 e. The van der Waals surface area contributed by atoms with Crippen LogP contribution in [0.3, 0.4) is 0 Å². The maximum absolute atomic E-state index is 13.5. The van der Waals surface area contributed by atoms with Crippen LogP contribution in [0.1, 0.15) is 10.4 Å². The van der Waals surface area contributed by atoms with Gasteiger partial charge in [0.05, 0.1) is 11.3 Å². The first-order chi connectivity index (χ1) is 9.40. The molecule has 0 fully saturated rings. The van der Waals surface area contributed by atoms with Crippen molar-refractivity contribution in [1.29, 1.82) is 0 Å². The van der Waals surface area contributed by atoms with E-state index < -0.39 is 40.4 Å². The Labute approximate surface area is 111 Å². The number of nitrogens with one attached hydrogen (secondary N) is 1. The molecule has 0 aliphatic carbocycles. The second kappa shape index (κ2) is 5.12. The quantitative estimate of drug-likeness (QED) is 0.741. The van der Waals surface area contributed by atoms with Crippen LogP contribution in [0.4, 0.5) is 24.5 Å². The van der Waals surface area contributed by atoms with Crippen molar-refractivity contribution < 1.29 is 23.1 Å². The Morgan fingerprint density at radius 3 is 2.55 bits per heavy atom. The maximum atomic E-state index is 13.5. The fourth-order valence-electron chi connectivity index (χ4n) is 1.56. The average Bonchev–Trinajstić information content (AvgIpc) is 2.41. The maximum Gasteiger partial charge on any atom is 0.259 e. The van der Waals surface area contributed by atoms with Crippen LogP contribution in [0.5, 0.6) is 5.75 Å². The molecule has 4 N–H and O–H groups in total. The lowest BCUT2D eigenvalue weighted by molar-refractivity contribution is 0.102. The number of hydrogen-bond acceptors (Lipinski definition) is 3. The minimum Gasteiger partial charge on any atom is -0.507 e. The Hall–Kier alpha value is -2.70. The van der Waals surface area contributed by atoms with Crippen LogP contribution in [-0.4, -0.2) is 11.0 Å². The van der Waals surface area contributed by atoms with E-state index in [1.807, 2.05) is 5.32 Å². The van der Waals surface area contributed by atoms with Crippen LogP contribution in [0.15, 0.2) is 30.3 Å². The topological polar surface area (TPSA) is 75.3 Å². The Bertz CT molecular complexity index is 690. The van der Waals surface area contributed by atoms with Gasteiger partial charge in [0.15, 0.2) is 11.6 Å². The molecule has 2 aromatic rings. The summed E-state index contributed by atoms with van der Waals surface area (Å²) in [5.74, 6) is -4.81. The number of phenolic OH excluding ortho intramolecular Hbond substituents is 1. The van der Waals surface area contributed by atoms with Gasteiger partial charge in [0.25, 0.3) is 5.91 Å². The number of carbonyl (C=O) groups is 1. The van der Waals surface area contributed by atoms with Crippen LogP contribution in [0, 0.1) is 17.5 Å². The predicted molar refractivity (Wildman–Crippen MR) is 66.8 cm³/mol. The number of amides is 1. The zero-order valence-electron chi connectivity index (χ0n) is 9.95. The van der Waals surface area contributed by atoms with E-state index in [1.54, 1.807) is 0 Å². The molecule has 0 aliphatic rings. The van der Waals surface area contributed by atoms with Gasteiger partial charge in [-0.1, -0.05) is 0 Å². The Kier molecular flexibility index (Phi) is 3.51. The molecule has 0 unspecified atom stereocenters. The number of phenols is 1. The lowest BCUT2D eigenvalue weighted by atomic mass is 10.1. The van der Waals surface area contributed by atoms with E-state index in [0.717, 1.165) is 30.3 Å². The molecule has 0 saturated carbocycles. The van der Waals surface area contributed by atoms with E-state index in [0.29, 0.717) is 0 Å². The first kappa shape index (κ1) is 13.7. The molecule has 20 heavy (non-hydrogen) atoms. The van der Waals surface area contributed by atoms with Crippen molar-refractivity contribution >= 4 is 17.3 Å². The largest absolute Gasteiger partial charge is 0.507 e. The summed E-state index contributed by atoms with van der Waals surface area (Å²) in [6.45, 7) is 0. The van der Waals surface area contributed by atoms with Gasteiger partial charge in [0, 0.05) is 0 Å². The first-order valence-corrected chi connectivity index (χ1v) is 5.43. The van der Waals surface area contributed by atoms with E-state index in [-0.39, 0.29) is 5.69 Å². The summed E-state index contributed by atoms with van der Waals surface area (Å²) < 4.78 is 39.6. The van der Waals surface area contributed by atoms with Crippen molar-refractivity contribution in [2.24, 2.45) is 0 Å². The van der Waals surface area contributed by atoms with Crippen LogP contribution >= 0.6 is 0 Å². The molecule has 2 rings (SSSR count). The molecule has 0 spiro atoms. The number of rotatable bonds is 2. The van der Waals surface area contributed by atoms with Gasteiger partial charge in [-0.3, -0.25) is 4.79 Å². The van der Waals surface area contributed by atoms with Gasteiger partial charge >= 0.3 is 0 Å². The summed E-state index contributed by atoms with van der Waals surface area (Å²) in [6, 6.07) is 4.55. The molecule has 104 valence electrons. The van der Waals surface area contributed by atoms with E-state index in [9.17, 15) is 23.1 Å². The predicted octanol–water partition coefficient (Wildman–Crippen LogP) is 2.64. The molecule has 0 atom stereocenters. The summed E-state index contributed by atoms with van der Waals surface area (Å²) in [5, 5.41) is 11.4. The van der Waals surface area contributed by atoms with Crippen molar-refractivity contribution in [3.8, 4) is 5.75 Å². The molecule has 0 bridgehead atoms. The Morgan fingerprint density at radius 2 is 1.85 bits per heavy atom. The molecular formula is C13H9F3N2O2. The van der Waals surface area contributed by atoms with Gasteiger partial charge in [0.1, 0.15) is 17.3 Å².